The molecule has 1 fully saturated rings. The molecule has 0 aromatic carbocycles. The second-order valence-corrected chi connectivity index (χ2v) is 5.94. The van der Waals surface area contributed by atoms with Gasteiger partial charge in [-0.1, -0.05) is 0 Å². The van der Waals surface area contributed by atoms with Crippen LogP contribution < -0.4 is 5.32 Å². The number of aliphatic imine (C=N–C) groups is 1. The molecule has 0 aliphatic carbocycles. The van der Waals surface area contributed by atoms with Gasteiger partial charge >= 0.3 is 6.09 Å². The summed E-state index contributed by atoms with van der Waals surface area (Å²) in [5.41, 5.74) is -0.412. The van der Waals surface area contributed by atoms with E-state index < -0.39 is 5.60 Å². The topological polar surface area (TPSA) is 53.9 Å². The SMILES string of the molecule is CC(C)(C)OC(=O)N1CCC(C2=NCCN2)CC1. The van der Waals surface area contributed by atoms with E-state index in [9.17, 15) is 4.79 Å². The van der Waals surface area contributed by atoms with Gasteiger partial charge in [0.05, 0.1) is 12.4 Å². The molecule has 0 unspecified atom stereocenters. The zero-order chi connectivity index (χ0) is 13.2. The number of piperidine rings is 1. The molecule has 0 spiro atoms. The number of ether oxygens (including phenoxy) is 1. The Balaban J connectivity index is 1.81. The van der Waals surface area contributed by atoms with Crippen LogP contribution in [0.25, 0.3) is 0 Å². The molecule has 0 atom stereocenters. The van der Waals surface area contributed by atoms with Crippen LogP contribution in [0.4, 0.5) is 4.79 Å². The average Bonchev–Trinajstić information content (AvgIpc) is 2.80. The van der Waals surface area contributed by atoms with Gasteiger partial charge in [0.1, 0.15) is 5.60 Å². The maximum absolute atomic E-state index is 11.9. The van der Waals surface area contributed by atoms with Crippen molar-refractivity contribution in [1.82, 2.24) is 10.2 Å². The van der Waals surface area contributed by atoms with Crippen molar-refractivity contribution in [2.24, 2.45) is 10.9 Å². The van der Waals surface area contributed by atoms with Crippen LogP contribution in [0.5, 0.6) is 0 Å². The predicted octanol–water partition coefficient (Wildman–Crippen LogP) is 1.64. The first kappa shape index (κ1) is 13.2. The molecule has 0 radical (unpaired) electrons. The number of carbonyl (C=O) groups excluding carboxylic acids is 1. The summed E-state index contributed by atoms with van der Waals surface area (Å²) in [6.45, 7) is 9.07. The van der Waals surface area contributed by atoms with Crippen LogP contribution in [-0.2, 0) is 4.74 Å². The van der Waals surface area contributed by atoms with Crippen LogP contribution in [0.15, 0.2) is 4.99 Å². The number of nitrogens with zero attached hydrogens (tertiary/aromatic N) is 2. The smallest absolute Gasteiger partial charge is 0.410 e. The Labute approximate surface area is 109 Å². The number of hydrogen-bond acceptors (Lipinski definition) is 4. The number of amides is 1. The molecule has 2 aliphatic rings. The van der Waals surface area contributed by atoms with Crippen LogP contribution in [0.2, 0.25) is 0 Å². The average molecular weight is 253 g/mol. The molecule has 1 amide bonds. The molecular weight excluding hydrogens is 230 g/mol. The Morgan fingerprint density at radius 1 is 1.39 bits per heavy atom. The van der Waals surface area contributed by atoms with E-state index in [-0.39, 0.29) is 6.09 Å². The van der Waals surface area contributed by atoms with Crippen molar-refractivity contribution in [3.8, 4) is 0 Å². The highest BCUT2D eigenvalue weighted by molar-refractivity contribution is 5.86. The standard InChI is InChI=1S/C13H23N3O2/c1-13(2,3)18-12(17)16-8-4-10(5-9-16)11-14-6-7-15-11/h10H,4-9H2,1-3H3,(H,14,15). The third kappa shape index (κ3) is 3.37. The molecule has 0 aromatic rings. The third-order valence-corrected chi connectivity index (χ3v) is 3.23. The van der Waals surface area contributed by atoms with Gasteiger partial charge in [-0.25, -0.2) is 4.79 Å². The number of hydrogen-bond donors (Lipinski definition) is 1. The molecule has 18 heavy (non-hydrogen) atoms. The Morgan fingerprint density at radius 2 is 2.06 bits per heavy atom. The zero-order valence-electron chi connectivity index (χ0n) is 11.5. The van der Waals surface area contributed by atoms with Gasteiger partial charge in [0.2, 0.25) is 0 Å². The molecule has 5 nitrogen and oxygen atoms in total. The maximum atomic E-state index is 11.9. The predicted molar refractivity (Wildman–Crippen MR) is 70.8 cm³/mol. The van der Waals surface area contributed by atoms with Gasteiger partial charge < -0.3 is 15.0 Å². The Kier molecular flexibility index (Phi) is 3.78. The van der Waals surface area contributed by atoms with E-state index in [4.69, 9.17) is 4.74 Å². The number of carbonyl (C=O) groups is 1. The van der Waals surface area contributed by atoms with Crippen LogP contribution in [0.3, 0.4) is 0 Å². The van der Waals surface area contributed by atoms with Crippen molar-refractivity contribution < 1.29 is 9.53 Å². The van der Waals surface area contributed by atoms with Crippen LogP contribution >= 0.6 is 0 Å². The van der Waals surface area contributed by atoms with Crippen LogP contribution in [-0.4, -0.2) is 48.6 Å². The zero-order valence-corrected chi connectivity index (χ0v) is 11.5. The van der Waals surface area contributed by atoms with E-state index >= 15 is 0 Å². The summed E-state index contributed by atoms with van der Waals surface area (Å²) in [5, 5.41) is 3.32. The molecule has 1 N–H and O–H groups in total. The highest BCUT2D eigenvalue weighted by Gasteiger charge is 2.29. The van der Waals surface area contributed by atoms with Crippen molar-refractivity contribution >= 4 is 11.9 Å². The van der Waals surface area contributed by atoms with Gasteiger partial charge in [-0.05, 0) is 33.6 Å². The molecule has 2 rings (SSSR count). The van der Waals surface area contributed by atoms with E-state index in [1.165, 1.54) is 0 Å². The minimum absolute atomic E-state index is 0.192. The molecule has 2 aliphatic heterocycles. The van der Waals surface area contributed by atoms with E-state index in [0.717, 1.165) is 44.9 Å². The van der Waals surface area contributed by atoms with Gasteiger partial charge in [-0.3, -0.25) is 4.99 Å². The fourth-order valence-electron chi connectivity index (χ4n) is 2.35. The fourth-order valence-corrected chi connectivity index (χ4v) is 2.35. The second kappa shape index (κ2) is 5.16. The van der Waals surface area contributed by atoms with Crippen LogP contribution in [0, 0.1) is 5.92 Å². The second-order valence-electron chi connectivity index (χ2n) is 5.94. The summed E-state index contributed by atoms with van der Waals surface area (Å²) in [6.07, 6.45) is 1.76. The van der Waals surface area contributed by atoms with E-state index in [1.54, 1.807) is 4.90 Å². The molecular formula is C13H23N3O2. The fraction of sp³-hybridized carbons (Fsp3) is 0.846. The first-order valence-electron chi connectivity index (χ1n) is 6.72. The lowest BCUT2D eigenvalue weighted by atomic mass is 9.96. The summed E-state index contributed by atoms with van der Waals surface area (Å²) >= 11 is 0. The van der Waals surface area contributed by atoms with Crippen molar-refractivity contribution in [1.29, 1.82) is 0 Å². The van der Waals surface area contributed by atoms with Crippen molar-refractivity contribution in [3.63, 3.8) is 0 Å². The van der Waals surface area contributed by atoms with Crippen LogP contribution in [0.1, 0.15) is 33.6 Å². The van der Waals surface area contributed by atoms with Crippen molar-refractivity contribution in [3.05, 3.63) is 0 Å². The highest BCUT2D eigenvalue weighted by Crippen LogP contribution is 2.21. The Bertz CT molecular complexity index is 339. The maximum Gasteiger partial charge on any atom is 0.410 e. The van der Waals surface area contributed by atoms with Gasteiger partial charge in [0.25, 0.3) is 0 Å². The molecule has 1 saturated heterocycles. The van der Waals surface area contributed by atoms with Gasteiger partial charge in [0.15, 0.2) is 0 Å². The monoisotopic (exact) mass is 253 g/mol. The van der Waals surface area contributed by atoms with Gasteiger partial charge in [0, 0.05) is 25.6 Å². The summed E-state index contributed by atoms with van der Waals surface area (Å²) < 4.78 is 5.38. The normalized spacial score (nSPS) is 21.5. The molecule has 0 saturated carbocycles. The summed E-state index contributed by atoms with van der Waals surface area (Å²) in [4.78, 5) is 18.2. The molecule has 5 heteroatoms. The first-order chi connectivity index (χ1) is 8.46. The molecule has 0 aromatic heterocycles. The highest BCUT2D eigenvalue weighted by atomic mass is 16.6. The number of nitrogens with one attached hydrogen (secondary N) is 1. The lowest BCUT2D eigenvalue weighted by molar-refractivity contribution is 0.0201. The number of rotatable bonds is 1. The first-order valence-corrected chi connectivity index (χ1v) is 6.72. The number of amidine groups is 1. The summed E-state index contributed by atoms with van der Waals surface area (Å²) in [6, 6.07) is 0. The largest absolute Gasteiger partial charge is 0.444 e. The van der Waals surface area contributed by atoms with E-state index in [1.807, 2.05) is 20.8 Å². The van der Waals surface area contributed by atoms with Crippen molar-refractivity contribution in [2.45, 2.75) is 39.2 Å². The van der Waals surface area contributed by atoms with Crippen molar-refractivity contribution in [2.75, 3.05) is 26.2 Å². The molecule has 102 valence electrons. The van der Waals surface area contributed by atoms with E-state index in [2.05, 4.69) is 10.3 Å². The third-order valence-electron chi connectivity index (χ3n) is 3.23. The molecule has 2 heterocycles. The summed E-state index contributed by atoms with van der Waals surface area (Å²) in [5.74, 6) is 1.63. The Hall–Kier alpha value is -1.26. The van der Waals surface area contributed by atoms with E-state index in [0.29, 0.717) is 5.92 Å². The lowest BCUT2D eigenvalue weighted by Crippen LogP contribution is -2.44. The minimum atomic E-state index is -0.412. The summed E-state index contributed by atoms with van der Waals surface area (Å²) in [7, 11) is 0. The lowest BCUT2D eigenvalue weighted by Gasteiger charge is -2.33. The van der Waals surface area contributed by atoms with Gasteiger partial charge in [-0.2, -0.15) is 0 Å². The Morgan fingerprint density at radius 3 is 2.56 bits per heavy atom. The molecule has 0 bridgehead atoms. The van der Waals surface area contributed by atoms with Gasteiger partial charge in [-0.15, -0.1) is 0 Å². The quantitative estimate of drug-likeness (QED) is 0.773. The minimum Gasteiger partial charge on any atom is -0.444 e. The number of likely N-dealkylation sites (tertiary alicyclic amines) is 1.